The van der Waals surface area contributed by atoms with E-state index in [0.717, 1.165) is 149 Å². The van der Waals surface area contributed by atoms with E-state index >= 15 is 0 Å². The second kappa shape index (κ2) is 24.3. The molecular weight excluding hydrogens is 1360 g/mol. The molecule has 0 unspecified atom stereocenters. The molecule has 0 radical (unpaired) electrons. The van der Waals surface area contributed by atoms with Crippen LogP contribution in [0.5, 0.6) is 0 Å². The van der Waals surface area contributed by atoms with E-state index in [1.807, 2.05) is 0 Å². The van der Waals surface area contributed by atoms with E-state index in [2.05, 4.69) is 376 Å². The topological polar surface area (TPSA) is 52.6 Å². The summed E-state index contributed by atoms with van der Waals surface area (Å²) in [4.78, 5) is 0. The summed E-state index contributed by atoms with van der Waals surface area (Å²) < 4.78 is 28.3. The van der Waals surface area contributed by atoms with Crippen molar-refractivity contribution in [2.45, 2.75) is 0 Å². The van der Waals surface area contributed by atoms with Crippen molar-refractivity contribution < 1.29 is 17.7 Å². The fraction of sp³-hybridized carbons (Fsp3) is 0. The Morgan fingerprint density at radius 1 is 0.116 bits per heavy atom. The van der Waals surface area contributed by atoms with Gasteiger partial charge in [-0.25, -0.2) is 0 Å². The number of furan rings is 4. The molecule has 4 aromatic heterocycles. The van der Waals surface area contributed by atoms with Crippen molar-refractivity contribution in [3.05, 3.63) is 376 Å². The van der Waals surface area contributed by atoms with Crippen LogP contribution in [0.1, 0.15) is 0 Å². The summed E-state index contributed by atoms with van der Waals surface area (Å²) >= 11 is 0. The van der Waals surface area contributed by atoms with Crippen molar-refractivity contribution in [2.24, 2.45) is 0 Å². The molecule has 0 aliphatic carbocycles. The molecule has 0 N–H and O–H groups in total. The third kappa shape index (κ3) is 10.2. The summed E-state index contributed by atoms with van der Waals surface area (Å²) in [7, 11) is 0. The van der Waals surface area contributed by atoms with Gasteiger partial charge in [0.25, 0.3) is 0 Å². The molecule has 0 spiro atoms. The predicted octanol–water partition coefficient (Wildman–Crippen LogP) is 31.2. The predicted molar refractivity (Wildman–Crippen MR) is 470 cm³/mol. The largest absolute Gasteiger partial charge is 0.452 e. The normalized spacial score (nSPS) is 12.1. The van der Waals surface area contributed by atoms with E-state index < -0.39 is 0 Å². The molecular formula is C108H62O4. The highest BCUT2D eigenvalue weighted by Gasteiger charge is 2.24. The van der Waals surface area contributed by atoms with Crippen LogP contribution in [0.25, 0.3) is 253 Å². The van der Waals surface area contributed by atoms with E-state index in [-0.39, 0.29) is 0 Å². The Bertz CT molecular complexity index is 8150. The first kappa shape index (κ1) is 62.2. The number of fused-ring (bicyclic) bond motifs is 20. The van der Waals surface area contributed by atoms with Gasteiger partial charge in [0, 0.05) is 48.7 Å². The summed E-state index contributed by atoms with van der Waals surface area (Å²) in [5.41, 5.74) is 26.1. The van der Waals surface area contributed by atoms with Crippen LogP contribution >= 0.6 is 0 Å². The zero-order valence-electron chi connectivity index (χ0n) is 60.4. The SMILES string of the molecule is c1cc(-c2ccc3ccccc3c2)cc(-c2ccc3oc4c(ccc5c6cc(-c7cc(-c8ccc9ccccc9c8)cc(-c8cc(-c9ccc%10ccc(-c%11ccc%12ccccc%12c%11)cc%10c9)cc9c8oc8c9ccc9c%10cc(-c%11ccc%12ccc(-c%13ccc%14ccccc%14c%13)cc%12c%11)ccc%10oc98)c7)ccc6oc54)c3c2)c1. The van der Waals surface area contributed by atoms with Crippen LogP contribution in [-0.4, -0.2) is 0 Å². The number of hydrogen-bond acceptors (Lipinski definition) is 4. The third-order valence-corrected chi connectivity index (χ3v) is 23.7. The van der Waals surface area contributed by atoms with Crippen molar-refractivity contribution >= 4 is 152 Å². The zero-order chi connectivity index (χ0) is 73.2. The standard InChI is InChI=1S/C108H62O4/c1-5-14-69-46-75(28-20-63(69)10-1)73-18-9-19-74(50-73)83-36-43-101-97(58-83)92-39-40-93-99-60-85(38-45-103(99)110-106(93)105(92)109-101)89-55-88(81-34-23-66-13-4-8-17-72(66)49-81)56-91(57-89)96-61-90(82-35-27-68-25-32-79(52-87(68)54-82)77-30-22-65-12-3-7-16-71(65)48-77)62-100-95-42-41-94-98-59-84(37-44-102(98)111-107(94)108(95)112-104(96)100)80-33-26-67-24-31-78(51-86(67)53-80)76-29-21-64-11-2-6-15-70(64)47-76/h1-62H. The fourth-order valence-electron chi connectivity index (χ4n) is 17.8. The summed E-state index contributed by atoms with van der Waals surface area (Å²) in [6, 6.07) is 138. The van der Waals surface area contributed by atoms with Crippen LogP contribution in [0.3, 0.4) is 0 Å². The van der Waals surface area contributed by atoms with Crippen molar-refractivity contribution in [1.29, 1.82) is 0 Å². The Hall–Kier alpha value is -14.8. The molecule has 0 amide bonds. The maximum Gasteiger partial charge on any atom is 0.178 e. The Labute approximate surface area is 642 Å². The monoisotopic (exact) mass is 1420 g/mol. The average Bonchev–Trinajstić information content (AvgIpc) is 1.57. The highest BCUT2D eigenvalue weighted by atomic mass is 16.4. The van der Waals surface area contributed by atoms with Gasteiger partial charge in [0.15, 0.2) is 22.3 Å². The smallest absolute Gasteiger partial charge is 0.178 e. The Kier molecular flexibility index (Phi) is 13.5. The number of benzene rings is 20. The molecule has 20 aromatic carbocycles. The van der Waals surface area contributed by atoms with Crippen LogP contribution in [0, 0.1) is 0 Å². The molecule has 0 saturated carbocycles. The summed E-state index contributed by atoms with van der Waals surface area (Å²) in [6.45, 7) is 0. The minimum Gasteiger partial charge on any atom is -0.452 e. The Morgan fingerprint density at radius 2 is 0.357 bits per heavy atom. The number of hydrogen-bond donors (Lipinski definition) is 0. The first-order valence-electron chi connectivity index (χ1n) is 38.3. The minimum absolute atomic E-state index is 0.707. The second-order valence-corrected chi connectivity index (χ2v) is 30.3. The summed E-state index contributed by atoms with van der Waals surface area (Å²) in [5.74, 6) is 0. The van der Waals surface area contributed by atoms with Crippen molar-refractivity contribution in [3.8, 4) is 100 Å². The molecule has 518 valence electrons. The molecule has 0 atom stereocenters. The molecule has 0 bridgehead atoms. The highest BCUT2D eigenvalue weighted by molar-refractivity contribution is 6.23. The lowest BCUT2D eigenvalue weighted by Crippen LogP contribution is -1.89. The highest BCUT2D eigenvalue weighted by Crippen LogP contribution is 2.49. The molecule has 0 saturated heterocycles. The van der Waals surface area contributed by atoms with Crippen LogP contribution in [-0.2, 0) is 0 Å². The third-order valence-electron chi connectivity index (χ3n) is 23.7. The van der Waals surface area contributed by atoms with E-state index in [0.29, 0.717) is 11.2 Å². The molecule has 0 aliphatic heterocycles. The van der Waals surface area contributed by atoms with Crippen molar-refractivity contribution in [3.63, 3.8) is 0 Å². The van der Waals surface area contributed by atoms with Gasteiger partial charge in [-0.2, -0.15) is 0 Å². The van der Waals surface area contributed by atoms with Gasteiger partial charge >= 0.3 is 0 Å². The van der Waals surface area contributed by atoms with Gasteiger partial charge in [0.05, 0.1) is 0 Å². The van der Waals surface area contributed by atoms with Crippen molar-refractivity contribution in [2.75, 3.05) is 0 Å². The first-order chi connectivity index (χ1) is 55.3. The van der Waals surface area contributed by atoms with Crippen molar-refractivity contribution in [1.82, 2.24) is 0 Å². The molecule has 112 heavy (non-hydrogen) atoms. The fourth-order valence-corrected chi connectivity index (χ4v) is 17.8. The quantitative estimate of drug-likeness (QED) is 0.145. The van der Waals surface area contributed by atoms with Gasteiger partial charge in [-0.3, -0.25) is 0 Å². The molecule has 24 rings (SSSR count). The zero-order valence-corrected chi connectivity index (χ0v) is 60.4. The van der Waals surface area contributed by atoms with E-state index in [1.54, 1.807) is 0 Å². The Balaban J connectivity index is 0.659. The van der Waals surface area contributed by atoms with Gasteiger partial charge in [0.2, 0.25) is 0 Å². The number of rotatable bonds is 9. The van der Waals surface area contributed by atoms with Crippen LogP contribution in [0.15, 0.2) is 394 Å². The van der Waals surface area contributed by atoms with Gasteiger partial charge < -0.3 is 17.7 Å². The van der Waals surface area contributed by atoms with Crippen LogP contribution in [0.4, 0.5) is 0 Å². The van der Waals surface area contributed by atoms with Crippen LogP contribution < -0.4 is 0 Å². The average molecular weight is 1420 g/mol. The Morgan fingerprint density at radius 3 is 0.723 bits per heavy atom. The second-order valence-electron chi connectivity index (χ2n) is 30.3. The van der Waals surface area contributed by atoms with E-state index in [9.17, 15) is 0 Å². The molecule has 24 aromatic rings. The minimum atomic E-state index is 0.707. The lowest BCUT2D eigenvalue weighted by molar-refractivity contribution is 0.633. The lowest BCUT2D eigenvalue weighted by atomic mass is 9.89. The van der Waals surface area contributed by atoms with E-state index in [4.69, 9.17) is 17.7 Å². The van der Waals surface area contributed by atoms with Gasteiger partial charge in [0.1, 0.15) is 22.3 Å². The van der Waals surface area contributed by atoms with Gasteiger partial charge in [-0.05, 0) is 305 Å². The summed E-state index contributed by atoms with van der Waals surface area (Å²) in [5, 5.41) is 22.5. The molecule has 0 fully saturated rings. The van der Waals surface area contributed by atoms with E-state index in [1.165, 1.54) is 92.6 Å². The first-order valence-corrected chi connectivity index (χ1v) is 38.3. The maximum absolute atomic E-state index is 7.52. The maximum atomic E-state index is 7.52. The van der Waals surface area contributed by atoms with Gasteiger partial charge in [-0.1, -0.05) is 231 Å². The molecule has 0 aliphatic rings. The summed E-state index contributed by atoms with van der Waals surface area (Å²) in [6.07, 6.45) is 0. The molecule has 4 heteroatoms. The van der Waals surface area contributed by atoms with Crippen LogP contribution in [0.2, 0.25) is 0 Å². The lowest BCUT2D eigenvalue weighted by Gasteiger charge is -2.14. The molecule has 4 nitrogen and oxygen atoms in total. The molecule has 4 heterocycles. The van der Waals surface area contributed by atoms with Gasteiger partial charge in [-0.15, -0.1) is 0 Å².